The molecule has 14 heteroatoms. The normalized spacial score (nSPS) is 17.3. The summed E-state index contributed by atoms with van der Waals surface area (Å²) < 4.78 is 11.2. The van der Waals surface area contributed by atoms with Crippen molar-refractivity contribution in [2.24, 2.45) is 17.8 Å². The third-order valence-corrected chi connectivity index (χ3v) is 10.4. The van der Waals surface area contributed by atoms with E-state index in [1.54, 1.807) is 30.9 Å². The zero-order valence-electron chi connectivity index (χ0n) is 37.4. The Morgan fingerprint density at radius 2 is 1.53 bits per heavy atom. The van der Waals surface area contributed by atoms with E-state index in [2.05, 4.69) is 50.6 Å². The van der Waals surface area contributed by atoms with E-state index in [1.807, 2.05) is 63.2 Å². The molecule has 4 N–H and O–H groups in total. The average Bonchev–Trinajstić information content (AvgIpc) is 3.66. The number of likely N-dealkylation sites (tertiary alicyclic amines) is 1. The molecule has 2 rings (SSSR count). The maximum Gasteiger partial charge on any atom is 0.243 e. The van der Waals surface area contributed by atoms with Crippen LogP contribution in [-0.2, 0) is 39.9 Å². The number of methoxy groups -OCH3 is 2. The van der Waals surface area contributed by atoms with Gasteiger partial charge in [0, 0.05) is 40.8 Å². The summed E-state index contributed by atoms with van der Waals surface area (Å²) >= 11 is 0. The molecule has 0 aliphatic carbocycles. The number of likely N-dealkylation sites (N-methyl/N-ethyl adjacent to an activating group) is 2. The van der Waals surface area contributed by atoms with Gasteiger partial charge in [-0.15, -0.1) is 0 Å². The van der Waals surface area contributed by atoms with Crippen molar-refractivity contribution in [3.8, 4) is 0 Å². The number of hydrogen-bond donors (Lipinski definition) is 4. The molecule has 0 radical (unpaired) electrons. The maximum atomic E-state index is 12.9. The van der Waals surface area contributed by atoms with Gasteiger partial charge in [-0.2, -0.15) is 0 Å². The lowest BCUT2D eigenvalue weighted by molar-refractivity contribution is -0.138. The van der Waals surface area contributed by atoms with Crippen molar-refractivity contribution in [3.05, 3.63) is 35.9 Å². The monoisotopic (exact) mass is 807 g/mol. The molecule has 1 aliphatic rings. The number of carbonyl (C=O) groups excluding carboxylic acids is 5. The van der Waals surface area contributed by atoms with Crippen molar-refractivity contribution in [3.63, 3.8) is 0 Å². The quantitative estimate of drug-likeness (QED) is 0.128. The van der Waals surface area contributed by atoms with Crippen molar-refractivity contribution in [1.82, 2.24) is 30.7 Å². The molecule has 1 fully saturated rings. The van der Waals surface area contributed by atoms with Gasteiger partial charge in [0.2, 0.25) is 30.0 Å². The highest BCUT2D eigenvalue weighted by Gasteiger charge is 2.38. The third kappa shape index (κ3) is 18.3. The summed E-state index contributed by atoms with van der Waals surface area (Å²) in [6, 6.07) is 8.23. The summed E-state index contributed by atoms with van der Waals surface area (Å²) in [7, 11) is 8.78. The van der Waals surface area contributed by atoms with Crippen LogP contribution in [0.1, 0.15) is 93.1 Å². The van der Waals surface area contributed by atoms with E-state index in [9.17, 15) is 24.0 Å². The minimum atomic E-state index is -0.776. The van der Waals surface area contributed by atoms with Crippen LogP contribution in [0.15, 0.2) is 30.3 Å². The summed E-state index contributed by atoms with van der Waals surface area (Å²) in [6.45, 7) is 16.9. The Morgan fingerprint density at radius 1 is 0.912 bits per heavy atom. The van der Waals surface area contributed by atoms with Crippen LogP contribution in [0.2, 0.25) is 0 Å². The second-order valence-electron chi connectivity index (χ2n) is 15.4. The lowest BCUT2D eigenvalue weighted by Crippen LogP contribution is -2.53. The molecule has 1 saturated heterocycles. The first-order valence-electron chi connectivity index (χ1n) is 20.7. The molecular weight excluding hydrogens is 729 g/mol. The van der Waals surface area contributed by atoms with Gasteiger partial charge in [0.25, 0.3) is 0 Å². The van der Waals surface area contributed by atoms with E-state index in [1.165, 1.54) is 13.5 Å². The number of hydrogen-bond acceptors (Lipinski definition) is 9. The number of benzene rings is 1. The number of amides is 5. The summed E-state index contributed by atoms with van der Waals surface area (Å²) in [6.07, 6.45) is 5.37. The second-order valence-corrected chi connectivity index (χ2v) is 15.4. The topological polar surface area (TPSA) is 170 Å². The van der Waals surface area contributed by atoms with Crippen LogP contribution in [0, 0.1) is 17.8 Å². The van der Waals surface area contributed by atoms with Crippen LogP contribution in [0.4, 0.5) is 0 Å². The first-order valence-corrected chi connectivity index (χ1v) is 20.7. The number of carbonyl (C=O) groups is 5. The Kier molecular flexibility index (Phi) is 27.7. The second kappa shape index (κ2) is 29.6. The third-order valence-electron chi connectivity index (χ3n) is 10.4. The number of aliphatic hydroxyl groups is 1. The molecule has 0 aromatic heterocycles. The van der Waals surface area contributed by atoms with Gasteiger partial charge in [-0.3, -0.25) is 28.9 Å². The molecule has 1 aromatic rings. The average molecular weight is 807 g/mol. The molecule has 0 spiro atoms. The molecule has 1 aliphatic heterocycles. The minimum absolute atomic E-state index is 0.000790. The van der Waals surface area contributed by atoms with Gasteiger partial charge in [-0.1, -0.05) is 98.6 Å². The van der Waals surface area contributed by atoms with Gasteiger partial charge in [0.1, 0.15) is 6.04 Å². The number of aliphatic hydroxyl groups excluding tert-OH is 1. The van der Waals surface area contributed by atoms with Crippen molar-refractivity contribution in [2.75, 3.05) is 61.6 Å². The lowest BCUT2D eigenvalue weighted by atomic mass is 9.91. The van der Waals surface area contributed by atoms with Crippen LogP contribution in [0.25, 0.3) is 0 Å². The van der Waals surface area contributed by atoms with Gasteiger partial charge in [0.05, 0.1) is 49.4 Å². The van der Waals surface area contributed by atoms with Crippen LogP contribution >= 0.6 is 0 Å². The van der Waals surface area contributed by atoms with Crippen LogP contribution in [0.5, 0.6) is 0 Å². The highest BCUT2D eigenvalue weighted by molar-refractivity contribution is 5.89. The summed E-state index contributed by atoms with van der Waals surface area (Å²) in [5.74, 6) is -0.915. The van der Waals surface area contributed by atoms with E-state index >= 15 is 0 Å². The predicted molar refractivity (Wildman–Crippen MR) is 226 cm³/mol. The number of nitrogens with one attached hydrogen (secondary N) is 3. The Morgan fingerprint density at radius 3 is 2.00 bits per heavy atom. The Labute approximate surface area is 344 Å². The van der Waals surface area contributed by atoms with Crippen molar-refractivity contribution < 1.29 is 38.6 Å². The molecule has 1 heterocycles. The van der Waals surface area contributed by atoms with Crippen LogP contribution < -0.4 is 16.0 Å². The zero-order valence-corrected chi connectivity index (χ0v) is 37.4. The number of nitrogens with zero attached hydrogens (tertiary/aromatic N) is 3. The van der Waals surface area contributed by atoms with Gasteiger partial charge in [0.15, 0.2) is 0 Å². The van der Waals surface area contributed by atoms with Gasteiger partial charge in [-0.25, -0.2) is 0 Å². The maximum absolute atomic E-state index is 12.9. The molecule has 328 valence electrons. The van der Waals surface area contributed by atoms with E-state index in [0.717, 1.165) is 37.7 Å². The van der Waals surface area contributed by atoms with Crippen molar-refractivity contribution in [2.45, 2.75) is 130 Å². The van der Waals surface area contributed by atoms with E-state index < -0.39 is 18.1 Å². The number of rotatable bonds is 22. The minimum Gasteiger partial charge on any atom is -0.395 e. The number of ether oxygens (including phenoxy) is 2. The van der Waals surface area contributed by atoms with Crippen LogP contribution in [0.3, 0.4) is 0 Å². The SMILES string of the molecule is CCC.CCC(C)C(C(CC)OC)N(C)C(=O)CNC(=O)C(C(C)C)N(C)C.COC(C(C)C(=O)NC(Cc1ccccc1)C(=O)NCCO)C1CCCN1C=O. The van der Waals surface area contributed by atoms with E-state index in [-0.39, 0.29) is 73.5 Å². The molecule has 14 nitrogen and oxygen atoms in total. The molecule has 57 heavy (non-hydrogen) atoms. The standard InChI is InChI=1S/C21H31N3O5.C19H39N3O3.C3H8/c1-15(19(29-2)18-9-6-11-24(18)14-26)20(27)23-17(21(28)22-10-12-25)13-16-7-4-3-5-8-16;1-10-14(5)18(15(11-2)25-9)22(8)16(23)12-20-19(24)17(13(3)4)21(6)7;1-3-2/h3-5,7-8,14-15,17-19,25H,6,9-13H2,1-2H3,(H,22,28)(H,23,27);13-15,17-18H,10-12H2,1-9H3,(H,20,24);3H2,1-2H3. The van der Waals surface area contributed by atoms with Crippen LogP contribution in [-0.4, -0.2) is 148 Å². The molecule has 5 amide bonds. The molecule has 8 unspecified atom stereocenters. The van der Waals surface area contributed by atoms with Gasteiger partial charge >= 0.3 is 0 Å². The van der Waals surface area contributed by atoms with Crippen molar-refractivity contribution >= 4 is 30.0 Å². The summed E-state index contributed by atoms with van der Waals surface area (Å²) in [4.78, 5) is 67.1. The Balaban J connectivity index is 0.00000104. The first kappa shape index (κ1) is 53.4. The molecule has 8 atom stereocenters. The summed E-state index contributed by atoms with van der Waals surface area (Å²) in [5, 5.41) is 17.2. The van der Waals surface area contributed by atoms with E-state index in [4.69, 9.17) is 14.6 Å². The highest BCUT2D eigenvalue weighted by Crippen LogP contribution is 2.25. The lowest BCUT2D eigenvalue weighted by Gasteiger charge is -2.37. The zero-order chi connectivity index (χ0) is 43.7. The first-order chi connectivity index (χ1) is 27.0. The Hall–Kier alpha value is -3.59. The largest absolute Gasteiger partial charge is 0.395 e. The molecule has 0 saturated carbocycles. The molecule has 0 bridgehead atoms. The fourth-order valence-corrected chi connectivity index (χ4v) is 7.29. The van der Waals surface area contributed by atoms with Gasteiger partial charge in [-0.05, 0) is 50.8 Å². The fourth-order valence-electron chi connectivity index (χ4n) is 7.29. The summed E-state index contributed by atoms with van der Waals surface area (Å²) in [5.41, 5.74) is 0.913. The fraction of sp³-hybridized carbons (Fsp3) is 0.744. The van der Waals surface area contributed by atoms with Crippen molar-refractivity contribution in [1.29, 1.82) is 0 Å². The molecule has 1 aromatic carbocycles. The Bertz CT molecular complexity index is 1270. The van der Waals surface area contributed by atoms with E-state index in [0.29, 0.717) is 18.9 Å². The van der Waals surface area contributed by atoms with Gasteiger partial charge < -0.3 is 40.3 Å². The predicted octanol–water partition coefficient (Wildman–Crippen LogP) is 3.50. The highest BCUT2D eigenvalue weighted by atomic mass is 16.5. The smallest absolute Gasteiger partial charge is 0.243 e. The molecular formula is C43H78N6O8.